The number of carbonyl (C=O) groups excluding carboxylic acids is 1. The van der Waals surface area contributed by atoms with Crippen LogP contribution in [0.5, 0.6) is 0 Å². The van der Waals surface area contributed by atoms with Crippen molar-refractivity contribution in [3.05, 3.63) is 29.6 Å². The van der Waals surface area contributed by atoms with Crippen molar-refractivity contribution in [1.29, 1.82) is 5.26 Å². The molecule has 36 heavy (non-hydrogen) atoms. The molecular weight excluding hydrogens is 450 g/mol. The molecule has 1 unspecified atom stereocenters. The Kier molecular flexibility index (Phi) is 6.88. The molecule has 1 saturated heterocycles. The second kappa shape index (κ2) is 9.95. The quantitative estimate of drug-likeness (QED) is 0.657. The molecule has 2 aliphatic carbocycles. The summed E-state index contributed by atoms with van der Waals surface area (Å²) < 4.78 is 0. The molecule has 3 heterocycles. The zero-order chi connectivity index (χ0) is 25.3. The highest BCUT2D eigenvalue weighted by Crippen LogP contribution is 2.50. The van der Waals surface area contributed by atoms with Gasteiger partial charge in [-0.25, -0.2) is 4.98 Å². The fourth-order valence-electron chi connectivity index (χ4n) is 6.24. The van der Waals surface area contributed by atoms with Gasteiger partial charge in [-0.05, 0) is 76.1 Å². The van der Waals surface area contributed by atoms with Crippen LogP contribution in [0.4, 0.5) is 5.69 Å². The zero-order valence-corrected chi connectivity index (χ0v) is 21.9. The first-order valence-electron chi connectivity index (χ1n) is 13.5. The van der Waals surface area contributed by atoms with Gasteiger partial charge in [-0.1, -0.05) is 18.9 Å². The lowest BCUT2D eigenvalue weighted by Crippen LogP contribution is -2.52. The molecule has 1 aromatic rings. The molecule has 2 aliphatic heterocycles. The molecule has 0 bridgehead atoms. The Morgan fingerprint density at radius 3 is 2.58 bits per heavy atom. The zero-order valence-electron chi connectivity index (χ0n) is 21.9. The Balaban J connectivity index is 1.44. The number of rotatable bonds is 5. The first-order chi connectivity index (χ1) is 17.3. The van der Waals surface area contributed by atoms with Gasteiger partial charge in [0, 0.05) is 26.2 Å². The second-order valence-corrected chi connectivity index (χ2v) is 11.6. The van der Waals surface area contributed by atoms with Crippen molar-refractivity contribution < 1.29 is 4.79 Å². The van der Waals surface area contributed by atoms with Crippen LogP contribution in [0.25, 0.3) is 5.57 Å². The predicted molar refractivity (Wildman–Crippen MR) is 143 cm³/mol. The maximum Gasteiger partial charge on any atom is 0.290 e. The van der Waals surface area contributed by atoms with Crippen molar-refractivity contribution in [3.63, 3.8) is 0 Å². The van der Waals surface area contributed by atoms with Gasteiger partial charge in [0.25, 0.3) is 5.91 Å². The summed E-state index contributed by atoms with van der Waals surface area (Å²) in [5, 5.41) is 15.1. The van der Waals surface area contributed by atoms with Gasteiger partial charge in [-0.3, -0.25) is 14.7 Å². The van der Waals surface area contributed by atoms with Gasteiger partial charge < -0.3 is 15.5 Å². The number of amides is 1. The number of aromatic nitrogens is 1. The number of nitrogens with one attached hydrogen (secondary N) is 2. The number of aliphatic imine (C=N–C) groups is 1. The first-order valence-corrected chi connectivity index (χ1v) is 13.5. The molecule has 1 atom stereocenters. The number of hydrogen-bond donors (Lipinski definition) is 2. The highest BCUT2D eigenvalue weighted by molar-refractivity contribution is 6.42. The van der Waals surface area contributed by atoms with E-state index >= 15 is 0 Å². The van der Waals surface area contributed by atoms with Crippen molar-refractivity contribution >= 4 is 23.0 Å². The number of pyridine rings is 1. The minimum absolute atomic E-state index is 0.211. The van der Waals surface area contributed by atoms with Gasteiger partial charge in [0.2, 0.25) is 0 Å². The molecule has 4 aliphatic rings. The SMILES string of the molecule is CN1CCN(C(C)(C)c2ccc(NC(=O)C3=NCC(C#N)N3)c(C3=CCC4(CCCC4)CC3)n2)CC1. The molecule has 1 saturated carbocycles. The summed E-state index contributed by atoms with van der Waals surface area (Å²) >= 11 is 0. The monoisotopic (exact) mass is 489 g/mol. The normalized spacial score (nSPS) is 24.7. The summed E-state index contributed by atoms with van der Waals surface area (Å²) in [6.07, 6.45) is 11.0. The highest BCUT2D eigenvalue weighted by Gasteiger charge is 2.37. The number of likely N-dealkylation sites (N-methyl/N-ethyl adjacent to an activating group) is 1. The van der Waals surface area contributed by atoms with Gasteiger partial charge in [0.05, 0.1) is 35.2 Å². The summed E-state index contributed by atoms with van der Waals surface area (Å²) in [5.41, 5.74) is 4.12. The van der Waals surface area contributed by atoms with Crippen LogP contribution in [0.2, 0.25) is 0 Å². The molecule has 2 N–H and O–H groups in total. The third kappa shape index (κ3) is 4.91. The maximum atomic E-state index is 13.0. The van der Waals surface area contributed by atoms with E-state index in [2.05, 4.69) is 64.5 Å². The van der Waals surface area contributed by atoms with Crippen LogP contribution in [0.1, 0.15) is 70.2 Å². The van der Waals surface area contributed by atoms with E-state index in [0.29, 0.717) is 12.0 Å². The molecule has 8 heteroatoms. The van der Waals surface area contributed by atoms with Gasteiger partial charge in [0.1, 0.15) is 6.04 Å². The molecule has 1 spiro atoms. The van der Waals surface area contributed by atoms with E-state index in [9.17, 15) is 4.79 Å². The van der Waals surface area contributed by atoms with Gasteiger partial charge in [0.15, 0.2) is 5.84 Å². The van der Waals surface area contributed by atoms with Crippen LogP contribution in [-0.2, 0) is 10.3 Å². The molecule has 8 nitrogen and oxygen atoms in total. The summed E-state index contributed by atoms with van der Waals surface area (Å²) in [7, 11) is 2.17. The molecule has 192 valence electrons. The molecule has 1 amide bonds. The number of allylic oxidation sites excluding steroid dienone is 2. The Morgan fingerprint density at radius 1 is 1.19 bits per heavy atom. The van der Waals surface area contributed by atoms with E-state index < -0.39 is 6.04 Å². The summed E-state index contributed by atoms with van der Waals surface area (Å²) in [5.74, 6) is -0.0950. The highest BCUT2D eigenvalue weighted by atomic mass is 16.2. The Labute approximate surface area is 214 Å². The molecule has 1 aromatic heterocycles. The lowest BCUT2D eigenvalue weighted by atomic mass is 9.73. The number of hydrogen-bond acceptors (Lipinski definition) is 7. The molecule has 5 rings (SSSR count). The van der Waals surface area contributed by atoms with Crippen molar-refractivity contribution in [2.24, 2.45) is 10.4 Å². The number of carbonyl (C=O) groups is 1. The third-order valence-corrected chi connectivity index (χ3v) is 8.85. The molecule has 0 aromatic carbocycles. The van der Waals surface area contributed by atoms with E-state index in [1.165, 1.54) is 37.7 Å². The van der Waals surface area contributed by atoms with Crippen LogP contribution in [0.15, 0.2) is 23.2 Å². The summed E-state index contributed by atoms with van der Waals surface area (Å²) in [6.45, 7) is 8.93. The van der Waals surface area contributed by atoms with Gasteiger partial charge >= 0.3 is 0 Å². The van der Waals surface area contributed by atoms with Crippen LogP contribution >= 0.6 is 0 Å². The Morgan fingerprint density at radius 2 is 1.94 bits per heavy atom. The van der Waals surface area contributed by atoms with Crippen molar-refractivity contribution in [2.45, 2.75) is 70.4 Å². The van der Waals surface area contributed by atoms with Crippen LogP contribution in [-0.4, -0.2) is 72.3 Å². The van der Waals surface area contributed by atoms with E-state index in [1.807, 2.05) is 6.07 Å². The van der Waals surface area contributed by atoms with Crippen LogP contribution in [0, 0.1) is 16.7 Å². The number of nitrogens with zero attached hydrogens (tertiary/aromatic N) is 5. The van der Waals surface area contributed by atoms with Crippen molar-refractivity contribution in [3.8, 4) is 6.07 Å². The average molecular weight is 490 g/mol. The van der Waals surface area contributed by atoms with Crippen molar-refractivity contribution in [2.75, 3.05) is 45.1 Å². The standard InChI is InChI=1S/C28H39N7O/c1-27(2,35-16-14-34(3)15-17-35)23-7-6-22(32-26(36)25-30-19-21(18-29)31-25)24(33-23)20-8-12-28(13-9-20)10-4-5-11-28/h6-8,21H,4-5,9-17,19H2,1-3H3,(H,30,31)(H,32,36). The molecule has 0 radical (unpaired) electrons. The number of amidine groups is 1. The minimum atomic E-state index is -0.446. The average Bonchev–Trinajstić information content (AvgIpc) is 3.55. The number of piperazine rings is 1. The minimum Gasteiger partial charge on any atom is -0.349 e. The van der Waals surface area contributed by atoms with Gasteiger partial charge in [-0.15, -0.1) is 0 Å². The smallest absolute Gasteiger partial charge is 0.290 e. The van der Waals surface area contributed by atoms with E-state index in [1.54, 1.807) is 0 Å². The Hall–Kier alpha value is -2.76. The number of anilines is 1. The van der Waals surface area contributed by atoms with Crippen LogP contribution in [0.3, 0.4) is 0 Å². The van der Waals surface area contributed by atoms with E-state index in [-0.39, 0.29) is 17.3 Å². The topological polar surface area (TPSA) is 96.6 Å². The lowest BCUT2D eigenvalue weighted by Gasteiger charge is -2.43. The van der Waals surface area contributed by atoms with E-state index in [4.69, 9.17) is 10.2 Å². The predicted octanol–water partition coefficient (Wildman–Crippen LogP) is 3.52. The Bertz CT molecular complexity index is 1100. The van der Waals surface area contributed by atoms with E-state index in [0.717, 1.165) is 56.1 Å². The largest absolute Gasteiger partial charge is 0.349 e. The molecular formula is C28H39N7O. The maximum absolute atomic E-state index is 13.0. The van der Waals surface area contributed by atoms with Gasteiger partial charge in [-0.2, -0.15) is 5.26 Å². The van der Waals surface area contributed by atoms with Crippen molar-refractivity contribution in [1.82, 2.24) is 20.1 Å². The lowest BCUT2D eigenvalue weighted by molar-refractivity contribution is -0.110. The fraction of sp³-hybridized carbons (Fsp3) is 0.643. The molecule has 2 fully saturated rings. The summed E-state index contributed by atoms with van der Waals surface area (Å²) in [4.78, 5) is 27.3. The fourth-order valence-corrected chi connectivity index (χ4v) is 6.24. The third-order valence-electron chi connectivity index (χ3n) is 8.85. The number of nitriles is 1. The summed E-state index contributed by atoms with van der Waals surface area (Å²) in [6, 6.07) is 5.74. The second-order valence-electron chi connectivity index (χ2n) is 11.6. The first kappa shape index (κ1) is 24.9. The van der Waals surface area contributed by atoms with Crippen LogP contribution < -0.4 is 10.6 Å².